The smallest absolute Gasteiger partial charge is 0.0431 e. The fourth-order valence-corrected chi connectivity index (χ4v) is 5.32. The van der Waals surface area contributed by atoms with Crippen molar-refractivity contribution in [1.82, 2.24) is 0 Å². The van der Waals surface area contributed by atoms with Gasteiger partial charge in [0.05, 0.1) is 0 Å². The predicted molar refractivity (Wildman–Crippen MR) is 173 cm³/mol. The van der Waals surface area contributed by atoms with Gasteiger partial charge in [0.1, 0.15) is 0 Å². The monoisotopic (exact) mass is 596 g/mol. The van der Waals surface area contributed by atoms with Crippen LogP contribution in [-0.2, 0) is 17.1 Å². The Balaban J connectivity index is -0.000000648. The maximum Gasteiger partial charge on any atom is 0.0431 e. The third-order valence-electron chi connectivity index (χ3n) is 8.02. The Labute approximate surface area is 259 Å². The number of rotatable bonds is 32. The Kier molecular flexibility index (Phi) is 51.1. The van der Waals surface area contributed by atoms with Crippen molar-refractivity contribution in [3.05, 3.63) is 0 Å². The van der Waals surface area contributed by atoms with Gasteiger partial charge in [0.25, 0.3) is 0 Å². The van der Waals surface area contributed by atoms with E-state index in [-0.39, 0.29) is 17.1 Å². The number of unbranched alkanes of at least 4 members (excludes halogenated alkanes) is 30. The zero-order valence-electron chi connectivity index (χ0n) is 27.3. The second-order valence-corrected chi connectivity index (χ2v) is 12.1. The van der Waals surface area contributed by atoms with Gasteiger partial charge in [-0.05, 0) is 12.8 Å². The Hall–Kier alpha value is 0.439. The van der Waals surface area contributed by atoms with E-state index >= 15 is 0 Å². The van der Waals surface area contributed by atoms with Gasteiger partial charge >= 0.3 is 0 Å². The van der Waals surface area contributed by atoms with Crippen molar-refractivity contribution in [1.29, 1.82) is 0 Å². The summed E-state index contributed by atoms with van der Waals surface area (Å²) in [5, 5.41) is 17.3. The van der Waals surface area contributed by atoms with Crippen LogP contribution in [0.2, 0.25) is 0 Å². The molecule has 0 saturated carbocycles. The molecule has 0 aromatic rings. The summed E-state index contributed by atoms with van der Waals surface area (Å²) in [6, 6.07) is 0. The summed E-state index contributed by atoms with van der Waals surface area (Å²) in [7, 11) is 0. The minimum Gasteiger partial charge on any atom is -0.396 e. The van der Waals surface area contributed by atoms with Gasteiger partial charge in [-0.1, -0.05) is 206 Å². The summed E-state index contributed by atoms with van der Waals surface area (Å²) >= 11 is 0. The quantitative estimate of drug-likeness (QED) is 0.0600. The molecule has 39 heavy (non-hydrogen) atoms. The second kappa shape index (κ2) is 45.4. The van der Waals surface area contributed by atoms with Crippen molar-refractivity contribution in [2.45, 2.75) is 219 Å². The molecule has 0 heterocycles. The van der Waals surface area contributed by atoms with Gasteiger partial charge in [-0.3, -0.25) is 0 Å². The van der Waals surface area contributed by atoms with E-state index in [0.29, 0.717) is 13.2 Å². The fourth-order valence-electron chi connectivity index (χ4n) is 5.32. The summed E-state index contributed by atoms with van der Waals surface area (Å²) in [4.78, 5) is 0. The van der Waals surface area contributed by atoms with Crippen LogP contribution in [0.3, 0.4) is 0 Å². The van der Waals surface area contributed by atoms with Crippen LogP contribution in [0.25, 0.3) is 0 Å². The molecule has 0 rings (SSSR count). The summed E-state index contributed by atoms with van der Waals surface area (Å²) in [5.74, 6) is 0. The molecule has 0 unspecified atom stereocenters. The van der Waals surface area contributed by atoms with Crippen LogP contribution in [0.1, 0.15) is 219 Å². The molecule has 0 saturated heterocycles. The molecule has 0 aliphatic rings. The molecule has 0 atom stereocenters. The van der Waals surface area contributed by atoms with Crippen LogP contribution < -0.4 is 0 Å². The van der Waals surface area contributed by atoms with E-state index in [2.05, 4.69) is 13.8 Å². The van der Waals surface area contributed by atoms with E-state index in [9.17, 15) is 0 Å². The van der Waals surface area contributed by atoms with E-state index in [0.717, 1.165) is 12.8 Å². The minimum atomic E-state index is 0. The van der Waals surface area contributed by atoms with Crippen LogP contribution in [0.15, 0.2) is 0 Å². The van der Waals surface area contributed by atoms with Crippen molar-refractivity contribution in [3.8, 4) is 0 Å². The number of aliphatic hydroxyl groups excluding tert-OH is 2. The molecule has 1 radical (unpaired) electrons. The summed E-state index contributed by atoms with van der Waals surface area (Å²) in [5.41, 5.74) is 0. The molecule has 0 aromatic heterocycles. The minimum absolute atomic E-state index is 0. The van der Waals surface area contributed by atoms with Gasteiger partial charge in [0.2, 0.25) is 0 Å². The van der Waals surface area contributed by atoms with Gasteiger partial charge in [0.15, 0.2) is 0 Å². The van der Waals surface area contributed by atoms with Gasteiger partial charge in [-0.25, -0.2) is 0 Å². The molecule has 0 spiro atoms. The molecule has 3 heteroatoms. The van der Waals surface area contributed by atoms with Crippen molar-refractivity contribution in [3.63, 3.8) is 0 Å². The molecule has 239 valence electrons. The van der Waals surface area contributed by atoms with E-state index in [1.54, 1.807) is 0 Å². The number of aliphatic hydroxyl groups is 2. The van der Waals surface area contributed by atoms with Gasteiger partial charge in [-0.15, -0.1) is 0 Å². The van der Waals surface area contributed by atoms with Crippen LogP contribution in [-0.4, -0.2) is 23.4 Å². The molecule has 0 fully saturated rings. The number of hydrogen-bond donors (Lipinski definition) is 2. The molecular weight excluding hydrogens is 519 g/mol. The summed E-state index contributed by atoms with van der Waals surface area (Å²) in [6.45, 7) is 5.32. The Morgan fingerprint density at radius 1 is 0.231 bits per heavy atom. The largest absolute Gasteiger partial charge is 0.396 e. The van der Waals surface area contributed by atoms with Gasteiger partial charge in [0, 0.05) is 30.3 Å². The summed E-state index contributed by atoms with van der Waals surface area (Å²) in [6.07, 6.45) is 44.3. The Morgan fingerprint density at radius 2 is 0.359 bits per heavy atom. The molecule has 0 aromatic carbocycles. The molecule has 2 N–H and O–H groups in total. The third kappa shape index (κ3) is 48.5. The van der Waals surface area contributed by atoms with Crippen LogP contribution in [0, 0.1) is 0 Å². The molecule has 0 bridgehead atoms. The van der Waals surface area contributed by atoms with Crippen molar-refractivity contribution >= 4 is 0 Å². The molecule has 2 nitrogen and oxygen atoms in total. The zero-order valence-corrected chi connectivity index (χ0v) is 28.5. The van der Waals surface area contributed by atoms with Crippen molar-refractivity contribution in [2.75, 3.05) is 13.2 Å². The maximum atomic E-state index is 8.67. The van der Waals surface area contributed by atoms with Crippen LogP contribution >= 0.6 is 0 Å². The van der Waals surface area contributed by atoms with E-state index in [1.165, 1.54) is 193 Å². The topological polar surface area (TPSA) is 40.5 Å². The average Bonchev–Trinajstić information content (AvgIpc) is 2.93. The first-order chi connectivity index (χ1) is 18.8. The Morgan fingerprint density at radius 3 is 0.487 bits per heavy atom. The van der Waals surface area contributed by atoms with Crippen molar-refractivity contribution < 1.29 is 27.3 Å². The van der Waals surface area contributed by atoms with Crippen LogP contribution in [0.5, 0.6) is 0 Å². The van der Waals surface area contributed by atoms with Gasteiger partial charge < -0.3 is 10.2 Å². The molecular formula is C36H76MnO2. The average molecular weight is 596 g/mol. The summed E-state index contributed by atoms with van der Waals surface area (Å²) < 4.78 is 0. The first kappa shape index (κ1) is 43.9. The standard InChI is InChI=1S/2C18H38O.Mn/c2*1-2-3-4-5-6-7-8-9-10-11-12-13-14-15-16-17-18-19;/h2*19H,2-18H2,1H3;. The van der Waals surface area contributed by atoms with Crippen LogP contribution in [0.4, 0.5) is 0 Å². The van der Waals surface area contributed by atoms with E-state index in [1.807, 2.05) is 0 Å². The molecule has 0 aliphatic carbocycles. The SMILES string of the molecule is CCCCCCCCCCCCCCCCCCO.CCCCCCCCCCCCCCCCCCO.[Mn]. The first-order valence-corrected chi connectivity index (χ1v) is 18.0. The second-order valence-electron chi connectivity index (χ2n) is 12.1. The van der Waals surface area contributed by atoms with Gasteiger partial charge in [-0.2, -0.15) is 0 Å². The molecule has 0 amide bonds. The normalized spacial score (nSPS) is 10.8. The third-order valence-corrected chi connectivity index (χ3v) is 8.02. The Bertz CT molecular complexity index is 298. The molecule has 0 aliphatic heterocycles. The predicted octanol–water partition coefficient (Wildman–Crippen LogP) is 12.5. The number of hydrogen-bond acceptors (Lipinski definition) is 2. The zero-order chi connectivity index (χ0) is 28.0. The first-order valence-electron chi connectivity index (χ1n) is 18.0. The van der Waals surface area contributed by atoms with E-state index < -0.39 is 0 Å². The maximum absolute atomic E-state index is 8.67. The van der Waals surface area contributed by atoms with E-state index in [4.69, 9.17) is 10.2 Å². The fraction of sp³-hybridized carbons (Fsp3) is 1.00. The van der Waals surface area contributed by atoms with Crippen molar-refractivity contribution in [2.24, 2.45) is 0 Å².